The average molecular weight is 245 g/mol. The van der Waals surface area contributed by atoms with E-state index in [4.69, 9.17) is 5.26 Å². The molecule has 1 aromatic carbocycles. The SMILES string of the molecule is Cc1ccc(F)c(-n2cc(C#N)c(=O)[nH]c2=O)c1. The Labute approximate surface area is 101 Å². The van der Waals surface area contributed by atoms with Crippen LogP contribution in [-0.4, -0.2) is 9.55 Å². The van der Waals surface area contributed by atoms with Gasteiger partial charge >= 0.3 is 5.69 Å². The van der Waals surface area contributed by atoms with Gasteiger partial charge < -0.3 is 0 Å². The third kappa shape index (κ3) is 1.94. The Morgan fingerprint density at radius 1 is 1.39 bits per heavy atom. The molecular formula is C12H8FN3O2. The first kappa shape index (κ1) is 11.8. The van der Waals surface area contributed by atoms with Gasteiger partial charge in [-0.15, -0.1) is 0 Å². The molecule has 0 radical (unpaired) electrons. The molecule has 1 N–H and O–H groups in total. The fourth-order valence-corrected chi connectivity index (χ4v) is 1.54. The molecule has 0 atom stereocenters. The fraction of sp³-hybridized carbons (Fsp3) is 0.0833. The number of aryl methyl sites for hydroxylation is 1. The van der Waals surface area contributed by atoms with Crippen LogP contribution in [0, 0.1) is 24.1 Å². The van der Waals surface area contributed by atoms with Crippen molar-refractivity contribution in [2.45, 2.75) is 6.92 Å². The van der Waals surface area contributed by atoms with E-state index in [1.165, 1.54) is 12.1 Å². The second-order valence-electron chi connectivity index (χ2n) is 3.74. The van der Waals surface area contributed by atoms with Crippen molar-refractivity contribution in [1.82, 2.24) is 9.55 Å². The van der Waals surface area contributed by atoms with Gasteiger partial charge in [-0.25, -0.2) is 9.18 Å². The van der Waals surface area contributed by atoms with Crippen LogP contribution in [0.15, 0.2) is 34.0 Å². The molecule has 6 heteroatoms. The molecule has 0 unspecified atom stereocenters. The van der Waals surface area contributed by atoms with E-state index in [0.717, 1.165) is 16.3 Å². The van der Waals surface area contributed by atoms with Crippen molar-refractivity contribution in [3.63, 3.8) is 0 Å². The lowest BCUT2D eigenvalue weighted by molar-refractivity contribution is 0.613. The molecule has 1 aromatic heterocycles. The molecule has 0 amide bonds. The lowest BCUT2D eigenvalue weighted by Gasteiger charge is -2.07. The van der Waals surface area contributed by atoms with Gasteiger partial charge in [-0.05, 0) is 24.6 Å². The van der Waals surface area contributed by atoms with Gasteiger partial charge in [-0.2, -0.15) is 5.26 Å². The van der Waals surface area contributed by atoms with Crippen LogP contribution in [0.3, 0.4) is 0 Å². The number of aromatic nitrogens is 2. The van der Waals surface area contributed by atoms with E-state index >= 15 is 0 Å². The molecule has 18 heavy (non-hydrogen) atoms. The van der Waals surface area contributed by atoms with E-state index in [1.54, 1.807) is 19.1 Å². The Morgan fingerprint density at radius 2 is 2.11 bits per heavy atom. The molecule has 0 aliphatic heterocycles. The highest BCUT2D eigenvalue weighted by Gasteiger charge is 2.09. The van der Waals surface area contributed by atoms with E-state index in [9.17, 15) is 14.0 Å². The Morgan fingerprint density at radius 3 is 2.78 bits per heavy atom. The summed E-state index contributed by atoms with van der Waals surface area (Å²) < 4.78 is 14.5. The minimum absolute atomic E-state index is 0.00671. The van der Waals surface area contributed by atoms with Crippen LogP contribution >= 0.6 is 0 Å². The molecule has 2 aromatic rings. The maximum atomic E-state index is 13.6. The monoisotopic (exact) mass is 245 g/mol. The maximum Gasteiger partial charge on any atom is 0.333 e. The molecular weight excluding hydrogens is 237 g/mol. The number of hydrogen-bond acceptors (Lipinski definition) is 3. The Hall–Kier alpha value is -2.68. The Bertz CT molecular complexity index is 768. The predicted molar refractivity (Wildman–Crippen MR) is 62.1 cm³/mol. The Balaban J connectivity index is 2.80. The zero-order valence-electron chi connectivity index (χ0n) is 9.40. The summed E-state index contributed by atoms with van der Waals surface area (Å²) in [5.74, 6) is -0.612. The van der Waals surface area contributed by atoms with E-state index in [-0.39, 0.29) is 11.3 Å². The summed E-state index contributed by atoms with van der Waals surface area (Å²) >= 11 is 0. The third-order valence-electron chi connectivity index (χ3n) is 2.42. The standard InChI is InChI=1S/C12H8FN3O2/c1-7-2-3-9(13)10(4-7)16-6-8(5-14)11(17)15-12(16)18/h2-4,6H,1H3,(H,15,17,18). The average Bonchev–Trinajstić information content (AvgIpc) is 2.33. The van der Waals surface area contributed by atoms with Crippen LogP contribution in [0.1, 0.15) is 11.1 Å². The normalized spacial score (nSPS) is 10.1. The van der Waals surface area contributed by atoms with Crippen molar-refractivity contribution in [3.8, 4) is 11.8 Å². The van der Waals surface area contributed by atoms with Crippen molar-refractivity contribution in [2.75, 3.05) is 0 Å². The number of nitrogens with one attached hydrogen (secondary N) is 1. The van der Waals surface area contributed by atoms with Gasteiger partial charge in [0.1, 0.15) is 17.4 Å². The number of halogens is 1. The van der Waals surface area contributed by atoms with Gasteiger partial charge in [0.2, 0.25) is 0 Å². The van der Waals surface area contributed by atoms with Gasteiger partial charge in [0.15, 0.2) is 0 Å². The summed E-state index contributed by atoms with van der Waals surface area (Å²) in [6, 6.07) is 5.87. The highest BCUT2D eigenvalue weighted by molar-refractivity contribution is 5.38. The molecule has 0 saturated heterocycles. The summed E-state index contributed by atoms with van der Waals surface area (Å²) in [6.07, 6.45) is 1.03. The van der Waals surface area contributed by atoms with Crippen LogP contribution in [0.5, 0.6) is 0 Å². The van der Waals surface area contributed by atoms with Crippen molar-refractivity contribution < 1.29 is 4.39 Å². The fourth-order valence-electron chi connectivity index (χ4n) is 1.54. The summed E-state index contributed by atoms with van der Waals surface area (Å²) in [4.78, 5) is 24.8. The summed E-state index contributed by atoms with van der Waals surface area (Å²) in [7, 11) is 0. The number of nitrogens with zero attached hydrogens (tertiary/aromatic N) is 2. The third-order valence-corrected chi connectivity index (χ3v) is 2.42. The molecule has 0 spiro atoms. The van der Waals surface area contributed by atoms with Crippen LogP contribution in [0.25, 0.3) is 5.69 Å². The molecule has 2 rings (SSSR count). The zero-order valence-corrected chi connectivity index (χ0v) is 9.40. The van der Waals surface area contributed by atoms with E-state index < -0.39 is 17.1 Å². The van der Waals surface area contributed by atoms with Gasteiger partial charge in [-0.1, -0.05) is 6.07 Å². The number of nitriles is 1. The summed E-state index contributed by atoms with van der Waals surface area (Å²) in [5.41, 5.74) is -1.08. The smallest absolute Gasteiger partial charge is 0.273 e. The summed E-state index contributed by atoms with van der Waals surface area (Å²) in [6.45, 7) is 1.74. The van der Waals surface area contributed by atoms with Crippen molar-refractivity contribution in [1.29, 1.82) is 5.26 Å². The Kier molecular flexibility index (Phi) is 2.81. The number of H-pyrrole nitrogens is 1. The van der Waals surface area contributed by atoms with Gasteiger partial charge in [0, 0.05) is 6.20 Å². The van der Waals surface area contributed by atoms with E-state index in [0.29, 0.717) is 0 Å². The van der Waals surface area contributed by atoms with Gasteiger partial charge in [-0.3, -0.25) is 14.3 Å². The zero-order chi connectivity index (χ0) is 13.3. The molecule has 0 bridgehead atoms. The van der Waals surface area contributed by atoms with Crippen molar-refractivity contribution >= 4 is 0 Å². The lowest BCUT2D eigenvalue weighted by atomic mass is 10.2. The van der Waals surface area contributed by atoms with Crippen LogP contribution in [0.2, 0.25) is 0 Å². The molecule has 90 valence electrons. The number of hydrogen-bond donors (Lipinski definition) is 1. The number of benzene rings is 1. The largest absolute Gasteiger partial charge is 0.333 e. The van der Waals surface area contributed by atoms with Gasteiger partial charge in [0.25, 0.3) is 5.56 Å². The van der Waals surface area contributed by atoms with Crippen molar-refractivity contribution in [3.05, 3.63) is 62.2 Å². The van der Waals surface area contributed by atoms with Crippen LogP contribution in [-0.2, 0) is 0 Å². The molecule has 5 nitrogen and oxygen atoms in total. The van der Waals surface area contributed by atoms with Crippen LogP contribution < -0.4 is 11.2 Å². The molecule has 0 fully saturated rings. The molecule has 0 aliphatic rings. The molecule has 0 aliphatic carbocycles. The van der Waals surface area contributed by atoms with E-state index in [1.807, 2.05) is 4.98 Å². The first-order chi connectivity index (χ1) is 8.52. The first-order valence-corrected chi connectivity index (χ1v) is 5.05. The molecule has 0 saturated carbocycles. The van der Waals surface area contributed by atoms with Gasteiger partial charge in [0.05, 0.1) is 5.69 Å². The van der Waals surface area contributed by atoms with E-state index in [2.05, 4.69) is 0 Å². The van der Waals surface area contributed by atoms with Crippen molar-refractivity contribution in [2.24, 2.45) is 0 Å². The minimum atomic E-state index is -0.788. The highest BCUT2D eigenvalue weighted by Crippen LogP contribution is 2.13. The molecule has 1 heterocycles. The second kappa shape index (κ2) is 4.30. The van der Waals surface area contributed by atoms with Crippen LogP contribution in [0.4, 0.5) is 4.39 Å². The lowest BCUT2D eigenvalue weighted by Crippen LogP contribution is -2.30. The number of rotatable bonds is 1. The maximum absolute atomic E-state index is 13.6. The second-order valence-corrected chi connectivity index (χ2v) is 3.74. The minimum Gasteiger partial charge on any atom is -0.273 e. The topological polar surface area (TPSA) is 78.7 Å². The highest BCUT2D eigenvalue weighted by atomic mass is 19.1. The number of aromatic amines is 1. The predicted octanol–water partition coefficient (Wildman–Crippen LogP) is 0.845. The quantitative estimate of drug-likeness (QED) is 0.808. The first-order valence-electron chi connectivity index (χ1n) is 5.05. The summed E-state index contributed by atoms with van der Waals surface area (Å²) in [5, 5.41) is 8.73.